The fourth-order valence-corrected chi connectivity index (χ4v) is 0.620. The average molecular weight is 242 g/mol. The number of Topliss-reactive ketones (excluding diaryl/α,β-unsaturated/α-hetero) is 1. The van der Waals surface area contributed by atoms with Gasteiger partial charge in [-0.3, -0.25) is 4.79 Å². The molecular formula is C12H18O5. The zero-order valence-electron chi connectivity index (χ0n) is 10.5. The molecule has 5 heteroatoms. The third-order valence-electron chi connectivity index (χ3n) is 2.01. The maximum absolute atomic E-state index is 10.9. The molecule has 96 valence electrons. The molecule has 0 aliphatic rings. The standard InChI is InChI=1S/C11H18O3.CO2/c1-9(13)11(4,14)7-5-6-10(2,3)8-12;2-1-3/h12,14H,7-8H2,1-4H3;/t11-;/m0./s1. The Kier molecular flexibility index (Phi) is 8.16. The van der Waals surface area contributed by atoms with Crippen LogP contribution in [0.2, 0.25) is 0 Å². The molecule has 0 aromatic carbocycles. The van der Waals surface area contributed by atoms with Crippen LogP contribution in [0, 0.1) is 17.3 Å². The monoisotopic (exact) mass is 242 g/mol. The van der Waals surface area contributed by atoms with Gasteiger partial charge in [0.25, 0.3) is 0 Å². The van der Waals surface area contributed by atoms with E-state index in [9.17, 15) is 9.90 Å². The molecule has 0 saturated heterocycles. The molecule has 0 amide bonds. The van der Waals surface area contributed by atoms with Crippen molar-refractivity contribution < 1.29 is 24.6 Å². The fraction of sp³-hybridized carbons (Fsp3) is 0.667. The number of aliphatic hydroxyl groups excluding tert-OH is 1. The second-order valence-electron chi connectivity index (χ2n) is 4.43. The zero-order chi connectivity index (χ0) is 14.1. The van der Waals surface area contributed by atoms with Gasteiger partial charge in [0, 0.05) is 11.8 Å². The first-order chi connectivity index (χ1) is 7.63. The highest BCUT2D eigenvalue weighted by molar-refractivity contribution is 5.84. The molecule has 0 aliphatic carbocycles. The summed E-state index contributed by atoms with van der Waals surface area (Å²) in [5, 5.41) is 18.4. The van der Waals surface area contributed by atoms with E-state index in [4.69, 9.17) is 14.7 Å². The number of aliphatic hydroxyl groups is 2. The van der Waals surface area contributed by atoms with Crippen molar-refractivity contribution in [1.29, 1.82) is 0 Å². The van der Waals surface area contributed by atoms with Crippen LogP contribution < -0.4 is 0 Å². The van der Waals surface area contributed by atoms with Crippen molar-refractivity contribution in [3.63, 3.8) is 0 Å². The Morgan fingerprint density at radius 2 is 1.65 bits per heavy atom. The lowest BCUT2D eigenvalue weighted by Gasteiger charge is -2.17. The Balaban J connectivity index is 0. The lowest BCUT2D eigenvalue weighted by Crippen LogP contribution is -2.32. The first-order valence-electron chi connectivity index (χ1n) is 4.96. The molecule has 0 radical (unpaired) electrons. The van der Waals surface area contributed by atoms with Gasteiger partial charge < -0.3 is 10.2 Å². The molecule has 0 aromatic rings. The van der Waals surface area contributed by atoms with E-state index in [1.54, 1.807) is 13.8 Å². The third-order valence-corrected chi connectivity index (χ3v) is 2.01. The van der Waals surface area contributed by atoms with Gasteiger partial charge in [-0.25, -0.2) is 0 Å². The summed E-state index contributed by atoms with van der Waals surface area (Å²) < 4.78 is 0. The first kappa shape index (κ1) is 17.9. The summed E-state index contributed by atoms with van der Waals surface area (Å²) in [6, 6.07) is 0. The van der Waals surface area contributed by atoms with Crippen LogP contribution in [0.1, 0.15) is 34.1 Å². The molecule has 0 rings (SSSR count). The molecular weight excluding hydrogens is 224 g/mol. The summed E-state index contributed by atoms with van der Waals surface area (Å²) in [5.41, 5.74) is -1.86. The molecule has 0 aliphatic heterocycles. The van der Waals surface area contributed by atoms with Crippen LogP contribution in [0.15, 0.2) is 0 Å². The van der Waals surface area contributed by atoms with Gasteiger partial charge in [0.2, 0.25) is 0 Å². The minimum Gasteiger partial charge on any atom is -0.395 e. The molecule has 5 nitrogen and oxygen atoms in total. The van der Waals surface area contributed by atoms with Crippen molar-refractivity contribution in [2.45, 2.75) is 39.7 Å². The van der Waals surface area contributed by atoms with Crippen LogP contribution >= 0.6 is 0 Å². The topological polar surface area (TPSA) is 91.7 Å². The second kappa shape index (κ2) is 7.75. The van der Waals surface area contributed by atoms with Crippen LogP contribution in [0.5, 0.6) is 0 Å². The average Bonchev–Trinajstić information content (AvgIpc) is 2.18. The number of carbonyl (C=O) groups is 1. The molecule has 0 fully saturated rings. The summed E-state index contributed by atoms with van der Waals surface area (Å²) in [5.74, 6) is 5.23. The van der Waals surface area contributed by atoms with Crippen LogP contribution in [0.4, 0.5) is 0 Å². The van der Waals surface area contributed by atoms with Gasteiger partial charge in [-0.05, 0) is 27.7 Å². The van der Waals surface area contributed by atoms with Crippen LogP contribution in [-0.4, -0.2) is 34.4 Å². The van der Waals surface area contributed by atoms with E-state index in [1.165, 1.54) is 13.8 Å². The third kappa shape index (κ3) is 9.46. The van der Waals surface area contributed by atoms with Gasteiger partial charge in [-0.2, -0.15) is 9.59 Å². The Labute approximate surface area is 101 Å². The molecule has 0 saturated carbocycles. The predicted octanol–water partition coefficient (Wildman–Crippen LogP) is 0.155. The van der Waals surface area contributed by atoms with Gasteiger partial charge in [-0.1, -0.05) is 11.8 Å². The summed E-state index contributed by atoms with van der Waals surface area (Å²) in [4.78, 5) is 27.2. The Hall–Kier alpha value is -1.47. The minimum atomic E-state index is -1.38. The first-order valence-corrected chi connectivity index (χ1v) is 4.96. The lowest BCUT2D eigenvalue weighted by atomic mass is 9.93. The van der Waals surface area contributed by atoms with E-state index in [2.05, 4.69) is 11.8 Å². The van der Waals surface area contributed by atoms with Gasteiger partial charge in [0.15, 0.2) is 5.78 Å². The van der Waals surface area contributed by atoms with Crippen molar-refractivity contribution >= 4 is 11.9 Å². The molecule has 2 N–H and O–H groups in total. The number of ketones is 1. The van der Waals surface area contributed by atoms with Crippen LogP contribution in [-0.2, 0) is 14.4 Å². The normalized spacial score (nSPS) is 13.1. The molecule has 0 bridgehead atoms. The summed E-state index contributed by atoms with van der Waals surface area (Å²) in [6.45, 7) is 6.32. The van der Waals surface area contributed by atoms with E-state index in [-0.39, 0.29) is 25.0 Å². The Morgan fingerprint density at radius 1 is 1.24 bits per heavy atom. The number of rotatable bonds is 3. The second-order valence-corrected chi connectivity index (χ2v) is 4.43. The van der Waals surface area contributed by atoms with Gasteiger partial charge in [0.1, 0.15) is 5.60 Å². The predicted molar refractivity (Wildman–Crippen MR) is 59.6 cm³/mol. The molecule has 17 heavy (non-hydrogen) atoms. The van der Waals surface area contributed by atoms with Crippen molar-refractivity contribution in [1.82, 2.24) is 0 Å². The summed E-state index contributed by atoms with van der Waals surface area (Å²) in [6.07, 6.45) is 0.353. The Morgan fingerprint density at radius 3 is 1.94 bits per heavy atom. The molecule has 1 atom stereocenters. The Bertz CT molecular complexity index is 338. The SMILES string of the molecule is CC(=O)[C@@](C)(O)CC#CC(C)(C)CO.O=C=O. The summed E-state index contributed by atoms with van der Waals surface area (Å²) in [7, 11) is 0. The van der Waals surface area contributed by atoms with E-state index < -0.39 is 11.0 Å². The highest BCUT2D eigenvalue weighted by atomic mass is 16.3. The lowest BCUT2D eigenvalue weighted by molar-refractivity contribution is -0.191. The van der Waals surface area contributed by atoms with E-state index in [0.717, 1.165) is 0 Å². The molecule has 0 unspecified atom stereocenters. The highest BCUT2D eigenvalue weighted by Gasteiger charge is 2.24. The smallest absolute Gasteiger partial charge is 0.373 e. The van der Waals surface area contributed by atoms with Crippen LogP contribution in [0.25, 0.3) is 0 Å². The van der Waals surface area contributed by atoms with Gasteiger partial charge in [0.05, 0.1) is 6.61 Å². The summed E-state index contributed by atoms with van der Waals surface area (Å²) >= 11 is 0. The fourth-order valence-electron chi connectivity index (χ4n) is 0.620. The quantitative estimate of drug-likeness (QED) is 0.687. The largest absolute Gasteiger partial charge is 0.395 e. The number of hydrogen-bond donors (Lipinski definition) is 2. The van der Waals surface area contributed by atoms with Gasteiger partial charge in [-0.15, -0.1) is 0 Å². The molecule has 0 spiro atoms. The van der Waals surface area contributed by atoms with Crippen molar-refractivity contribution in [2.24, 2.45) is 5.41 Å². The van der Waals surface area contributed by atoms with Crippen molar-refractivity contribution in [3.05, 3.63) is 0 Å². The maximum atomic E-state index is 10.9. The minimum absolute atomic E-state index is 0.0395. The highest BCUT2D eigenvalue weighted by Crippen LogP contribution is 2.13. The number of carbonyl (C=O) groups excluding carboxylic acids is 3. The number of hydrogen-bond acceptors (Lipinski definition) is 5. The van der Waals surface area contributed by atoms with E-state index in [1.807, 2.05) is 0 Å². The van der Waals surface area contributed by atoms with Crippen molar-refractivity contribution in [3.8, 4) is 11.8 Å². The molecule has 0 heterocycles. The maximum Gasteiger partial charge on any atom is 0.373 e. The van der Waals surface area contributed by atoms with Crippen LogP contribution in [0.3, 0.4) is 0 Å². The van der Waals surface area contributed by atoms with E-state index in [0.29, 0.717) is 0 Å². The zero-order valence-corrected chi connectivity index (χ0v) is 10.5. The van der Waals surface area contributed by atoms with Crippen molar-refractivity contribution in [2.75, 3.05) is 6.61 Å². The van der Waals surface area contributed by atoms with E-state index >= 15 is 0 Å². The molecule has 0 aromatic heterocycles. The van der Waals surface area contributed by atoms with Gasteiger partial charge >= 0.3 is 6.15 Å².